The highest BCUT2D eigenvalue weighted by Gasteiger charge is 2.23. The maximum absolute atomic E-state index is 12.8. The number of aromatic carboxylic acids is 1. The van der Waals surface area contributed by atoms with Crippen molar-refractivity contribution in [1.29, 1.82) is 0 Å². The molecule has 0 fully saturated rings. The number of carbonyl (C=O) groups excluding carboxylic acids is 1. The summed E-state index contributed by atoms with van der Waals surface area (Å²) in [5.74, 6) is -1.02. The molecule has 142 valence electrons. The summed E-state index contributed by atoms with van der Waals surface area (Å²) in [5.41, 5.74) is 1.64. The van der Waals surface area contributed by atoms with Gasteiger partial charge in [-0.3, -0.25) is 4.79 Å². The number of benzene rings is 2. The van der Waals surface area contributed by atoms with Crippen LogP contribution in [0.5, 0.6) is 0 Å². The molecule has 1 N–H and O–H groups in total. The first-order chi connectivity index (χ1) is 12.4. The molecule has 5 heteroatoms. The monoisotopic (exact) mass is 396 g/mol. The molecule has 0 spiro atoms. The van der Waals surface area contributed by atoms with Gasteiger partial charge in [-0.2, -0.15) is 0 Å². The lowest BCUT2D eigenvalue weighted by molar-refractivity contribution is 0.0696. The standard InChI is InChI=1S/C22H28O3Si2/c1-26(2,3)19-13-18(14-20(15-19)27(4,5)6)21(23)11-10-16-8-7-9-17(12-16)22(24)25/h7-15H,1-6H3,(H,24,25)/b11-10+. The molecule has 2 aromatic rings. The number of carboxylic acids is 1. The molecule has 0 atom stereocenters. The Balaban J connectivity index is 2.40. The third-order valence-corrected chi connectivity index (χ3v) is 8.55. The molecular weight excluding hydrogens is 368 g/mol. The van der Waals surface area contributed by atoms with Crippen LogP contribution >= 0.6 is 0 Å². The zero-order chi connectivity index (χ0) is 20.4. The van der Waals surface area contributed by atoms with Crippen molar-refractivity contribution in [3.8, 4) is 0 Å². The molecule has 2 aromatic carbocycles. The Bertz CT molecular complexity index is 868. The molecule has 0 amide bonds. The van der Waals surface area contributed by atoms with Crippen LogP contribution in [0.3, 0.4) is 0 Å². The zero-order valence-electron chi connectivity index (χ0n) is 17.0. The normalized spacial score (nSPS) is 12.4. The number of carboxylic acid groups (broad SMARTS) is 1. The van der Waals surface area contributed by atoms with Gasteiger partial charge in [0.15, 0.2) is 5.78 Å². The van der Waals surface area contributed by atoms with Gasteiger partial charge in [-0.25, -0.2) is 4.79 Å². The van der Waals surface area contributed by atoms with Gasteiger partial charge in [0.1, 0.15) is 0 Å². The van der Waals surface area contributed by atoms with Gasteiger partial charge in [-0.15, -0.1) is 0 Å². The van der Waals surface area contributed by atoms with Crippen LogP contribution in [0.1, 0.15) is 26.3 Å². The number of rotatable bonds is 6. The van der Waals surface area contributed by atoms with Crippen LogP contribution in [-0.2, 0) is 0 Å². The van der Waals surface area contributed by atoms with Gasteiger partial charge < -0.3 is 5.11 Å². The van der Waals surface area contributed by atoms with E-state index in [2.05, 4.69) is 45.3 Å². The molecule has 27 heavy (non-hydrogen) atoms. The maximum atomic E-state index is 12.8. The summed E-state index contributed by atoms with van der Waals surface area (Å²) >= 11 is 0. The Morgan fingerprint density at radius 3 is 1.85 bits per heavy atom. The molecule has 0 aromatic heterocycles. The molecule has 0 aliphatic carbocycles. The third-order valence-electron chi connectivity index (χ3n) is 4.51. The lowest BCUT2D eigenvalue weighted by Crippen LogP contribution is -2.45. The van der Waals surface area contributed by atoms with E-state index in [0.717, 1.165) is 5.56 Å². The van der Waals surface area contributed by atoms with Crippen molar-refractivity contribution in [2.75, 3.05) is 0 Å². The lowest BCUT2D eigenvalue weighted by Gasteiger charge is -2.23. The fraction of sp³-hybridized carbons (Fsp3) is 0.273. The van der Waals surface area contributed by atoms with E-state index < -0.39 is 22.1 Å². The molecule has 0 aliphatic rings. The van der Waals surface area contributed by atoms with Gasteiger partial charge in [0.25, 0.3) is 0 Å². The summed E-state index contributed by atoms with van der Waals surface area (Å²) in [6.07, 6.45) is 3.22. The predicted molar refractivity (Wildman–Crippen MR) is 119 cm³/mol. The molecule has 0 aliphatic heterocycles. The first-order valence-corrected chi connectivity index (χ1v) is 16.1. The number of ketones is 1. The highest BCUT2D eigenvalue weighted by Crippen LogP contribution is 2.12. The van der Waals surface area contributed by atoms with Crippen molar-refractivity contribution in [2.24, 2.45) is 0 Å². The lowest BCUT2D eigenvalue weighted by atomic mass is 10.1. The van der Waals surface area contributed by atoms with Gasteiger partial charge in [0, 0.05) is 5.56 Å². The Morgan fingerprint density at radius 1 is 0.815 bits per heavy atom. The summed E-state index contributed by atoms with van der Waals surface area (Å²) in [6.45, 7) is 13.7. The third kappa shape index (κ3) is 5.61. The highest BCUT2D eigenvalue weighted by molar-refractivity contribution is 6.91. The molecular formula is C22H28O3Si2. The predicted octanol–water partition coefficient (Wildman–Crippen LogP) is 4.37. The molecule has 0 bridgehead atoms. The average Bonchev–Trinajstić information content (AvgIpc) is 2.58. The molecule has 0 unspecified atom stereocenters. The summed E-state index contributed by atoms with van der Waals surface area (Å²) < 4.78 is 0. The van der Waals surface area contributed by atoms with Crippen LogP contribution in [0, 0.1) is 0 Å². The zero-order valence-corrected chi connectivity index (χ0v) is 19.0. The minimum absolute atomic E-state index is 0.0460. The SMILES string of the molecule is C[Si](C)(C)c1cc(C(=O)/C=C/c2cccc(C(=O)O)c2)cc([Si](C)(C)C)c1. The molecule has 0 radical (unpaired) electrons. The quantitative estimate of drug-likeness (QED) is 0.448. The van der Waals surface area contributed by atoms with E-state index in [4.69, 9.17) is 5.11 Å². The van der Waals surface area contributed by atoms with Gasteiger partial charge >= 0.3 is 5.97 Å². The van der Waals surface area contributed by atoms with E-state index in [0.29, 0.717) is 5.56 Å². The Kier molecular flexibility index (Phi) is 6.07. The Hall–Kier alpha value is -2.25. The minimum Gasteiger partial charge on any atom is -0.478 e. The van der Waals surface area contributed by atoms with Crippen molar-refractivity contribution in [1.82, 2.24) is 0 Å². The summed E-state index contributed by atoms with van der Waals surface area (Å²) in [5, 5.41) is 11.7. The fourth-order valence-corrected chi connectivity index (χ4v) is 5.18. The van der Waals surface area contributed by atoms with Crippen molar-refractivity contribution in [2.45, 2.75) is 39.3 Å². The summed E-state index contributed by atoms with van der Waals surface area (Å²) in [6, 6.07) is 13.0. The van der Waals surface area contributed by atoms with E-state index in [1.807, 2.05) is 12.1 Å². The molecule has 2 rings (SSSR count). The van der Waals surface area contributed by atoms with E-state index >= 15 is 0 Å². The second-order valence-electron chi connectivity index (χ2n) is 8.93. The van der Waals surface area contributed by atoms with Crippen molar-refractivity contribution < 1.29 is 14.7 Å². The fourth-order valence-electron chi connectivity index (χ4n) is 2.68. The molecule has 0 saturated carbocycles. The van der Waals surface area contributed by atoms with Crippen LogP contribution in [0.4, 0.5) is 0 Å². The summed E-state index contributed by atoms with van der Waals surface area (Å²) in [4.78, 5) is 23.9. The Labute approximate surface area is 163 Å². The molecule has 3 nitrogen and oxygen atoms in total. The number of carbonyl (C=O) groups is 2. The van der Waals surface area contributed by atoms with Crippen LogP contribution in [-0.4, -0.2) is 33.0 Å². The van der Waals surface area contributed by atoms with Crippen LogP contribution in [0.2, 0.25) is 39.3 Å². The van der Waals surface area contributed by atoms with Crippen LogP contribution in [0.25, 0.3) is 6.08 Å². The van der Waals surface area contributed by atoms with E-state index in [1.54, 1.807) is 30.3 Å². The first-order valence-electron chi connectivity index (χ1n) is 9.10. The Morgan fingerprint density at radius 2 is 1.37 bits per heavy atom. The largest absolute Gasteiger partial charge is 0.478 e. The van der Waals surface area contributed by atoms with Crippen molar-refractivity contribution in [3.05, 3.63) is 65.2 Å². The molecule has 0 heterocycles. The van der Waals surface area contributed by atoms with Gasteiger partial charge in [0.2, 0.25) is 0 Å². The van der Waals surface area contributed by atoms with Crippen molar-refractivity contribution in [3.63, 3.8) is 0 Å². The smallest absolute Gasteiger partial charge is 0.335 e. The highest BCUT2D eigenvalue weighted by atomic mass is 28.3. The average molecular weight is 397 g/mol. The number of hydrogen-bond donors (Lipinski definition) is 1. The first kappa shape index (κ1) is 21.1. The van der Waals surface area contributed by atoms with Crippen LogP contribution < -0.4 is 10.4 Å². The topological polar surface area (TPSA) is 54.4 Å². The second-order valence-corrected chi connectivity index (χ2v) is 19.1. The van der Waals surface area contributed by atoms with Crippen LogP contribution in [0.15, 0.2) is 48.5 Å². The van der Waals surface area contributed by atoms with Gasteiger partial charge in [0.05, 0.1) is 21.7 Å². The molecule has 0 saturated heterocycles. The number of allylic oxidation sites excluding steroid dienone is 1. The van der Waals surface area contributed by atoms with Gasteiger partial charge in [-0.05, 0) is 23.8 Å². The maximum Gasteiger partial charge on any atom is 0.335 e. The minimum atomic E-state index is -1.55. The van der Waals surface area contributed by atoms with Gasteiger partial charge in [-0.1, -0.05) is 86.1 Å². The summed E-state index contributed by atoms with van der Waals surface area (Å²) in [7, 11) is -3.09. The van der Waals surface area contributed by atoms with Crippen molar-refractivity contribution >= 4 is 44.3 Å². The van der Waals surface area contributed by atoms with E-state index in [1.165, 1.54) is 16.4 Å². The van der Waals surface area contributed by atoms with E-state index in [9.17, 15) is 9.59 Å². The number of hydrogen-bond acceptors (Lipinski definition) is 2. The second kappa shape index (κ2) is 7.78. The van der Waals surface area contributed by atoms with E-state index in [-0.39, 0.29) is 11.3 Å².